The monoisotopic (exact) mass is 288 g/mol. The van der Waals surface area contributed by atoms with E-state index in [0.717, 1.165) is 16.5 Å². The normalized spacial score (nSPS) is 9.67. The summed E-state index contributed by atoms with van der Waals surface area (Å²) in [4.78, 5) is 11.1. The van der Waals surface area contributed by atoms with E-state index in [1.165, 1.54) is 18.4 Å². The molecule has 6 nitrogen and oxygen atoms in total. The van der Waals surface area contributed by atoms with Crippen LogP contribution < -0.4 is 21.5 Å². The van der Waals surface area contributed by atoms with Crippen molar-refractivity contribution in [2.75, 3.05) is 31.0 Å². The zero-order valence-corrected chi connectivity index (χ0v) is 11.8. The molecular weight excluding hydrogens is 272 g/mol. The van der Waals surface area contributed by atoms with Crippen molar-refractivity contribution in [3.63, 3.8) is 0 Å². The average Bonchev–Trinajstić information content (AvgIpc) is 2.75. The maximum atomic E-state index is 11.1. The van der Waals surface area contributed by atoms with Crippen LogP contribution in [0.3, 0.4) is 0 Å². The highest BCUT2D eigenvalue weighted by Crippen LogP contribution is 2.25. The summed E-state index contributed by atoms with van der Waals surface area (Å²) in [7, 11) is 1.47. The van der Waals surface area contributed by atoms with E-state index >= 15 is 0 Å². The predicted molar refractivity (Wildman–Crippen MR) is 77.9 cm³/mol. The van der Waals surface area contributed by atoms with Crippen molar-refractivity contribution in [2.24, 2.45) is 0 Å². The molecule has 0 atom stereocenters. The number of rotatable bonds is 6. The van der Waals surface area contributed by atoms with E-state index in [1.807, 2.05) is 19.1 Å². The zero-order valence-electron chi connectivity index (χ0n) is 10.2. The first-order valence-corrected chi connectivity index (χ1v) is 6.56. The molecule has 0 saturated carbocycles. The highest BCUT2D eigenvalue weighted by atomic mass is 32.1. The largest absolute Gasteiger partial charge is 0.375 e. The van der Waals surface area contributed by atoms with Gasteiger partial charge in [0.25, 0.3) is 5.91 Å². The van der Waals surface area contributed by atoms with Crippen LogP contribution in [0.25, 0.3) is 0 Å². The summed E-state index contributed by atoms with van der Waals surface area (Å²) in [6.07, 6.45) is 0. The van der Waals surface area contributed by atoms with E-state index in [1.54, 1.807) is 0 Å². The number of carbonyl (C=O) groups is 1. The van der Waals surface area contributed by atoms with Gasteiger partial charge in [-0.2, -0.15) is 0 Å². The molecule has 0 unspecified atom stereocenters. The number of carbonyl (C=O) groups excluding carboxylic acids is 1. The molecule has 0 aliphatic heterocycles. The maximum absolute atomic E-state index is 11.1. The standard InChI is InChI=1S/C10H16N4O2S2/c1-3-11-10(17)12-8-4-5-9(18-8)14-13-7(15)6-16-2/h4-5,14H,3,6H2,1-2H3,(H,13,15)(H2,11,12,17). The molecule has 0 saturated heterocycles. The smallest absolute Gasteiger partial charge is 0.264 e. The van der Waals surface area contributed by atoms with Gasteiger partial charge in [-0.3, -0.25) is 15.6 Å². The van der Waals surface area contributed by atoms with Gasteiger partial charge in [-0.1, -0.05) is 11.3 Å². The maximum Gasteiger partial charge on any atom is 0.264 e. The zero-order chi connectivity index (χ0) is 13.4. The molecule has 0 aliphatic rings. The molecule has 0 fully saturated rings. The number of ether oxygens (including phenoxy) is 1. The Labute approximate surface area is 115 Å². The molecule has 1 aromatic rings. The lowest BCUT2D eigenvalue weighted by Gasteiger charge is -2.06. The van der Waals surface area contributed by atoms with Gasteiger partial charge in [0.1, 0.15) is 11.6 Å². The number of nitrogens with one attached hydrogen (secondary N) is 4. The second-order valence-electron chi connectivity index (χ2n) is 3.25. The van der Waals surface area contributed by atoms with Crippen molar-refractivity contribution < 1.29 is 9.53 Å². The highest BCUT2D eigenvalue weighted by molar-refractivity contribution is 7.80. The third kappa shape index (κ3) is 5.30. The number of hydrogen-bond acceptors (Lipinski definition) is 5. The minimum atomic E-state index is -0.233. The van der Waals surface area contributed by atoms with Gasteiger partial charge in [0.15, 0.2) is 5.11 Å². The SMILES string of the molecule is CCNC(=S)Nc1ccc(NNC(=O)COC)s1. The Morgan fingerprint density at radius 3 is 2.83 bits per heavy atom. The summed E-state index contributed by atoms with van der Waals surface area (Å²) in [6, 6.07) is 3.72. The van der Waals surface area contributed by atoms with Crippen molar-refractivity contribution in [1.29, 1.82) is 0 Å². The van der Waals surface area contributed by atoms with Crippen LogP contribution in [0.15, 0.2) is 12.1 Å². The third-order valence-electron chi connectivity index (χ3n) is 1.78. The molecule has 1 aromatic heterocycles. The van der Waals surface area contributed by atoms with Gasteiger partial charge in [-0.25, -0.2) is 0 Å². The summed E-state index contributed by atoms with van der Waals surface area (Å²) in [6.45, 7) is 2.77. The molecule has 1 heterocycles. The molecule has 4 N–H and O–H groups in total. The highest BCUT2D eigenvalue weighted by Gasteiger charge is 2.03. The van der Waals surface area contributed by atoms with E-state index in [0.29, 0.717) is 5.11 Å². The molecule has 0 bridgehead atoms. The number of hydrazine groups is 1. The van der Waals surface area contributed by atoms with E-state index in [9.17, 15) is 4.79 Å². The fourth-order valence-corrected chi connectivity index (χ4v) is 2.17. The summed E-state index contributed by atoms with van der Waals surface area (Å²) < 4.78 is 4.69. The van der Waals surface area contributed by atoms with Crippen LogP contribution in [-0.4, -0.2) is 31.3 Å². The lowest BCUT2D eigenvalue weighted by Crippen LogP contribution is -2.31. The lowest BCUT2D eigenvalue weighted by molar-refractivity contribution is -0.124. The molecule has 0 aliphatic carbocycles. The Balaban J connectivity index is 2.38. The van der Waals surface area contributed by atoms with Crippen LogP contribution in [0.1, 0.15) is 6.92 Å². The van der Waals surface area contributed by atoms with E-state index in [4.69, 9.17) is 17.0 Å². The van der Waals surface area contributed by atoms with Gasteiger partial charge in [0.2, 0.25) is 0 Å². The summed E-state index contributed by atoms with van der Waals surface area (Å²) in [5.41, 5.74) is 5.30. The first kappa shape index (κ1) is 14.7. The summed E-state index contributed by atoms with van der Waals surface area (Å²) >= 11 is 6.50. The van der Waals surface area contributed by atoms with Crippen LogP contribution in [0.4, 0.5) is 10.0 Å². The first-order valence-electron chi connectivity index (χ1n) is 5.34. The summed E-state index contributed by atoms with van der Waals surface area (Å²) in [5.74, 6) is -0.233. The molecule has 1 amide bonds. The van der Waals surface area contributed by atoms with Gasteiger partial charge in [0.05, 0.1) is 5.00 Å². The molecular formula is C10H16N4O2S2. The summed E-state index contributed by atoms with van der Waals surface area (Å²) in [5, 5.41) is 8.31. The fourth-order valence-electron chi connectivity index (χ4n) is 1.09. The van der Waals surface area contributed by atoms with Gasteiger partial charge >= 0.3 is 0 Å². The Morgan fingerprint density at radius 1 is 1.44 bits per heavy atom. The Morgan fingerprint density at radius 2 is 2.17 bits per heavy atom. The minimum absolute atomic E-state index is 0.0218. The van der Waals surface area contributed by atoms with Crippen molar-refractivity contribution in [3.8, 4) is 0 Å². The number of hydrogen-bond donors (Lipinski definition) is 4. The van der Waals surface area contributed by atoms with Gasteiger partial charge in [-0.15, -0.1) is 0 Å². The molecule has 0 spiro atoms. The van der Waals surface area contributed by atoms with Crippen LogP contribution in [0.5, 0.6) is 0 Å². The quantitative estimate of drug-likeness (QED) is 0.465. The van der Waals surface area contributed by atoms with Crippen molar-refractivity contribution in [2.45, 2.75) is 6.92 Å². The van der Waals surface area contributed by atoms with Crippen LogP contribution in [0.2, 0.25) is 0 Å². The number of methoxy groups -OCH3 is 1. The van der Waals surface area contributed by atoms with E-state index < -0.39 is 0 Å². The van der Waals surface area contributed by atoms with E-state index in [2.05, 4.69) is 21.5 Å². The Hall–Kier alpha value is -1.38. The first-order chi connectivity index (χ1) is 8.65. The van der Waals surface area contributed by atoms with Gasteiger partial charge < -0.3 is 15.4 Å². The second-order valence-corrected chi connectivity index (χ2v) is 4.75. The topological polar surface area (TPSA) is 74.4 Å². The second kappa shape index (κ2) is 7.85. The number of amides is 1. The fraction of sp³-hybridized carbons (Fsp3) is 0.400. The minimum Gasteiger partial charge on any atom is -0.375 e. The van der Waals surface area contributed by atoms with Crippen molar-refractivity contribution in [3.05, 3.63) is 12.1 Å². The van der Waals surface area contributed by atoms with Crippen molar-refractivity contribution >= 4 is 44.6 Å². The molecule has 18 heavy (non-hydrogen) atoms. The number of thiocarbonyl (C=S) groups is 1. The molecule has 0 radical (unpaired) electrons. The van der Waals surface area contributed by atoms with Crippen LogP contribution >= 0.6 is 23.6 Å². The predicted octanol–water partition coefficient (Wildman–Crippen LogP) is 1.14. The average molecular weight is 288 g/mol. The van der Waals surface area contributed by atoms with Crippen molar-refractivity contribution in [1.82, 2.24) is 10.7 Å². The van der Waals surface area contributed by atoms with Crippen LogP contribution in [0, 0.1) is 0 Å². The molecule has 0 aromatic carbocycles. The van der Waals surface area contributed by atoms with Crippen LogP contribution in [-0.2, 0) is 9.53 Å². The van der Waals surface area contributed by atoms with E-state index in [-0.39, 0.29) is 12.5 Å². The number of anilines is 2. The van der Waals surface area contributed by atoms with Gasteiger partial charge in [0, 0.05) is 13.7 Å². The lowest BCUT2D eigenvalue weighted by atomic mass is 10.6. The Kier molecular flexibility index (Phi) is 6.40. The molecule has 8 heteroatoms. The third-order valence-corrected chi connectivity index (χ3v) is 2.94. The molecule has 100 valence electrons. The van der Waals surface area contributed by atoms with Gasteiger partial charge in [-0.05, 0) is 31.3 Å². The number of thiophene rings is 1. The molecule has 1 rings (SSSR count). The Bertz CT molecular complexity index is 408.